The Bertz CT molecular complexity index is 2760. The van der Waals surface area contributed by atoms with Gasteiger partial charge in [0.1, 0.15) is 0 Å². The summed E-state index contributed by atoms with van der Waals surface area (Å²) in [5, 5.41) is 13.1. The Morgan fingerprint density at radius 1 is 0.417 bits per heavy atom. The average molecular weight is 614 g/mol. The second-order valence-electron chi connectivity index (χ2n) is 12.1. The first-order valence-electron chi connectivity index (χ1n) is 16.1. The van der Waals surface area contributed by atoms with E-state index in [0.717, 1.165) is 60.9 Å². The summed E-state index contributed by atoms with van der Waals surface area (Å²) in [6.07, 6.45) is 2.01. The second-order valence-corrected chi connectivity index (χ2v) is 12.1. The fourth-order valence-corrected chi connectivity index (χ4v) is 7.30. The summed E-state index contributed by atoms with van der Waals surface area (Å²) in [7, 11) is 0. The molecule has 7 aromatic carbocycles. The van der Waals surface area contributed by atoms with Crippen LogP contribution in [0, 0.1) is 0 Å². The van der Waals surface area contributed by atoms with E-state index in [2.05, 4.69) is 132 Å². The topological polar surface area (TPSA) is 48.5 Å². The van der Waals surface area contributed by atoms with Gasteiger partial charge < -0.3 is 0 Å². The van der Waals surface area contributed by atoms with Crippen LogP contribution in [0.25, 0.3) is 88.4 Å². The van der Waals surface area contributed by atoms with E-state index in [4.69, 9.17) is 15.1 Å². The van der Waals surface area contributed by atoms with E-state index in [1.165, 1.54) is 21.5 Å². The third kappa shape index (κ3) is 3.94. The van der Waals surface area contributed by atoms with E-state index in [9.17, 15) is 0 Å². The highest BCUT2D eigenvalue weighted by molar-refractivity contribution is 6.35. The third-order valence-corrected chi connectivity index (χ3v) is 9.41. The Balaban J connectivity index is 1.41. The van der Waals surface area contributed by atoms with Crippen molar-refractivity contribution in [3.8, 4) is 34.2 Å². The van der Waals surface area contributed by atoms with Crippen LogP contribution in [-0.2, 0) is 0 Å². The maximum Gasteiger partial charge on any atom is 0.235 e. The molecule has 5 heteroatoms. The van der Waals surface area contributed by atoms with Crippen LogP contribution in [0.2, 0.25) is 0 Å². The highest BCUT2D eigenvalue weighted by Gasteiger charge is 2.24. The standard InChI is InChI=1S/C43H27N5/c1-4-14-28(15-5-1)36-26-37(29-16-6-2-7-17-29)46-43(45-36)47-39-25-24-38-35(27-44-48(38)30-18-8-3-9-19-30)40(39)41-33-22-12-10-20-31(33)32-21-11-13-23-34(32)42(41)47/h1-27H. The first kappa shape index (κ1) is 26.6. The summed E-state index contributed by atoms with van der Waals surface area (Å²) in [6, 6.07) is 55.0. The summed E-state index contributed by atoms with van der Waals surface area (Å²) >= 11 is 0. The van der Waals surface area contributed by atoms with E-state index in [1.54, 1.807) is 0 Å². The van der Waals surface area contributed by atoms with Crippen LogP contribution in [0.4, 0.5) is 0 Å². The van der Waals surface area contributed by atoms with Crippen LogP contribution in [0.1, 0.15) is 0 Å². The molecule has 0 aliphatic rings. The van der Waals surface area contributed by atoms with Crippen LogP contribution in [0.5, 0.6) is 0 Å². The van der Waals surface area contributed by atoms with Gasteiger partial charge in [-0.2, -0.15) is 5.10 Å². The van der Waals surface area contributed by atoms with Crippen molar-refractivity contribution in [3.05, 3.63) is 164 Å². The van der Waals surface area contributed by atoms with Crippen molar-refractivity contribution in [2.75, 3.05) is 0 Å². The predicted molar refractivity (Wildman–Crippen MR) is 197 cm³/mol. The number of hydrogen-bond donors (Lipinski definition) is 0. The number of benzene rings is 7. The Hall–Kier alpha value is -6.59. The van der Waals surface area contributed by atoms with Gasteiger partial charge in [0.05, 0.1) is 39.8 Å². The van der Waals surface area contributed by atoms with E-state index in [1.807, 2.05) is 41.2 Å². The van der Waals surface area contributed by atoms with E-state index in [-0.39, 0.29) is 0 Å². The lowest BCUT2D eigenvalue weighted by atomic mass is 9.96. The van der Waals surface area contributed by atoms with Gasteiger partial charge in [0.25, 0.3) is 0 Å². The van der Waals surface area contributed by atoms with Crippen LogP contribution < -0.4 is 0 Å². The highest BCUT2D eigenvalue weighted by Crippen LogP contribution is 2.44. The quantitative estimate of drug-likeness (QED) is 0.186. The molecule has 0 radical (unpaired) electrons. The lowest BCUT2D eigenvalue weighted by molar-refractivity contribution is 0.911. The first-order chi connectivity index (χ1) is 23.8. The van der Waals surface area contributed by atoms with Gasteiger partial charge in [-0.15, -0.1) is 0 Å². The summed E-state index contributed by atoms with van der Waals surface area (Å²) in [6.45, 7) is 0. The van der Waals surface area contributed by atoms with Crippen molar-refractivity contribution in [1.82, 2.24) is 24.3 Å². The van der Waals surface area contributed by atoms with Gasteiger partial charge in [0.15, 0.2) is 0 Å². The van der Waals surface area contributed by atoms with E-state index >= 15 is 0 Å². The zero-order valence-electron chi connectivity index (χ0n) is 25.8. The maximum absolute atomic E-state index is 5.32. The van der Waals surface area contributed by atoms with Crippen molar-refractivity contribution in [2.45, 2.75) is 0 Å². The van der Waals surface area contributed by atoms with Crippen LogP contribution >= 0.6 is 0 Å². The molecule has 3 heterocycles. The minimum atomic E-state index is 0.630. The molecule has 0 saturated heterocycles. The molecular weight excluding hydrogens is 587 g/mol. The van der Waals surface area contributed by atoms with E-state index < -0.39 is 0 Å². The summed E-state index contributed by atoms with van der Waals surface area (Å²) in [5.41, 5.74) is 8.03. The summed E-state index contributed by atoms with van der Waals surface area (Å²) in [5.74, 6) is 0.630. The molecule has 0 unspecified atom stereocenters. The molecule has 0 N–H and O–H groups in total. The zero-order chi connectivity index (χ0) is 31.6. The van der Waals surface area contributed by atoms with Crippen molar-refractivity contribution >= 4 is 54.3 Å². The number of nitrogens with zero attached hydrogens (tertiary/aromatic N) is 5. The molecule has 0 spiro atoms. The molecule has 5 nitrogen and oxygen atoms in total. The minimum Gasteiger partial charge on any atom is -0.277 e. The van der Waals surface area contributed by atoms with Gasteiger partial charge in [0, 0.05) is 32.7 Å². The number of rotatable bonds is 4. The Morgan fingerprint density at radius 3 is 1.58 bits per heavy atom. The van der Waals surface area contributed by atoms with Crippen molar-refractivity contribution in [1.29, 1.82) is 0 Å². The van der Waals surface area contributed by atoms with Crippen LogP contribution in [0.15, 0.2) is 164 Å². The molecule has 0 atom stereocenters. The third-order valence-electron chi connectivity index (χ3n) is 9.41. The monoisotopic (exact) mass is 613 g/mol. The van der Waals surface area contributed by atoms with Gasteiger partial charge in [-0.25, -0.2) is 14.6 Å². The summed E-state index contributed by atoms with van der Waals surface area (Å²) < 4.78 is 4.30. The molecule has 0 bridgehead atoms. The molecule has 10 aromatic rings. The maximum atomic E-state index is 5.32. The Morgan fingerprint density at radius 2 is 0.938 bits per heavy atom. The minimum absolute atomic E-state index is 0.630. The normalized spacial score (nSPS) is 11.8. The first-order valence-corrected chi connectivity index (χ1v) is 16.1. The zero-order valence-corrected chi connectivity index (χ0v) is 25.8. The van der Waals surface area contributed by atoms with Crippen LogP contribution in [0.3, 0.4) is 0 Å². The molecule has 0 aliphatic heterocycles. The highest BCUT2D eigenvalue weighted by atomic mass is 15.3. The smallest absolute Gasteiger partial charge is 0.235 e. The molecule has 224 valence electrons. The Kier molecular flexibility index (Phi) is 5.81. The Labute approximate surface area is 276 Å². The van der Waals surface area contributed by atoms with Gasteiger partial charge in [-0.05, 0) is 46.5 Å². The molecule has 0 fully saturated rings. The van der Waals surface area contributed by atoms with Gasteiger partial charge >= 0.3 is 0 Å². The van der Waals surface area contributed by atoms with E-state index in [0.29, 0.717) is 5.95 Å². The number of hydrogen-bond acceptors (Lipinski definition) is 3. The molecule has 0 saturated carbocycles. The van der Waals surface area contributed by atoms with Crippen LogP contribution in [-0.4, -0.2) is 24.3 Å². The molecule has 3 aromatic heterocycles. The predicted octanol–water partition coefficient (Wildman–Crippen LogP) is 10.6. The molecular formula is C43H27N5. The second kappa shape index (κ2) is 10.5. The van der Waals surface area contributed by atoms with Crippen molar-refractivity contribution in [3.63, 3.8) is 0 Å². The molecule has 48 heavy (non-hydrogen) atoms. The summed E-state index contributed by atoms with van der Waals surface area (Å²) in [4.78, 5) is 10.6. The van der Waals surface area contributed by atoms with Gasteiger partial charge in [-0.1, -0.05) is 127 Å². The molecule has 0 amide bonds. The largest absolute Gasteiger partial charge is 0.277 e. The number of fused-ring (bicyclic) bond motifs is 10. The fraction of sp³-hybridized carbons (Fsp3) is 0. The number of aromatic nitrogens is 5. The van der Waals surface area contributed by atoms with Gasteiger partial charge in [-0.3, -0.25) is 4.57 Å². The van der Waals surface area contributed by atoms with Crippen molar-refractivity contribution < 1.29 is 0 Å². The van der Waals surface area contributed by atoms with Gasteiger partial charge in [0.2, 0.25) is 5.95 Å². The SMILES string of the molecule is c1ccc(-c2cc(-c3ccccc3)nc(-n3c4ccc5c(cnn5-c5ccccc5)c4c4c5ccccc5c5ccccc5c43)n2)cc1. The lowest BCUT2D eigenvalue weighted by Gasteiger charge is -2.13. The number of para-hydroxylation sites is 1. The lowest BCUT2D eigenvalue weighted by Crippen LogP contribution is -2.04. The van der Waals surface area contributed by atoms with Crippen molar-refractivity contribution in [2.24, 2.45) is 0 Å². The molecule has 0 aliphatic carbocycles. The molecule has 10 rings (SSSR count). The average Bonchev–Trinajstić information content (AvgIpc) is 3.76. The fourth-order valence-electron chi connectivity index (χ4n) is 7.30.